The van der Waals surface area contributed by atoms with E-state index in [0.29, 0.717) is 17.1 Å². The van der Waals surface area contributed by atoms with Crippen LogP contribution in [-0.2, 0) is 0 Å². The summed E-state index contributed by atoms with van der Waals surface area (Å²) in [5.41, 5.74) is 7.84. The number of nitrogen functional groups attached to an aromatic ring is 1. The molecule has 0 radical (unpaired) electrons. The lowest BCUT2D eigenvalue weighted by Crippen LogP contribution is -2.25. The fraction of sp³-hybridized carbons (Fsp3) is 0.308. The predicted octanol–water partition coefficient (Wildman–Crippen LogP) is 2.88. The molecule has 4 heteroatoms. The molecular weight excluding hydrogens is 232 g/mol. The van der Waals surface area contributed by atoms with Crippen LogP contribution in [0, 0.1) is 6.92 Å². The molecule has 0 aliphatic carbocycles. The van der Waals surface area contributed by atoms with Gasteiger partial charge < -0.3 is 10.6 Å². The lowest BCUT2D eigenvalue weighted by atomic mass is 10.1. The summed E-state index contributed by atoms with van der Waals surface area (Å²) in [6.45, 7) is 4.67. The Kier molecular flexibility index (Phi) is 3.07. The van der Waals surface area contributed by atoms with Crippen molar-refractivity contribution < 1.29 is 4.79 Å². The molecule has 90 valence electrons. The zero-order valence-corrected chi connectivity index (χ0v) is 11.1. The van der Waals surface area contributed by atoms with E-state index in [-0.39, 0.29) is 5.91 Å². The first-order valence-corrected chi connectivity index (χ1v) is 6.41. The first-order chi connectivity index (χ1) is 8.06. The lowest BCUT2D eigenvalue weighted by molar-refractivity contribution is 0.0808. The van der Waals surface area contributed by atoms with Gasteiger partial charge in [-0.2, -0.15) is 0 Å². The quantitative estimate of drug-likeness (QED) is 0.888. The van der Waals surface area contributed by atoms with Gasteiger partial charge in [0.2, 0.25) is 0 Å². The summed E-state index contributed by atoms with van der Waals surface area (Å²) in [6, 6.07) is 5.98. The summed E-state index contributed by atoms with van der Waals surface area (Å²) in [5, 5.41) is 0.989. The molecular formula is C13H16N2OS. The second-order valence-corrected chi connectivity index (χ2v) is 5.14. The van der Waals surface area contributed by atoms with E-state index < -0.39 is 0 Å². The molecule has 0 saturated carbocycles. The maximum absolute atomic E-state index is 12.1. The Hall–Kier alpha value is -1.55. The van der Waals surface area contributed by atoms with Gasteiger partial charge in [-0.05, 0) is 19.4 Å². The second-order valence-electron chi connectivity index (χ2n) is 4.12. The van der Waals surface area contributed by atoms with E-state index >= 15 is 0 Å². The molecule has 0 spiro atoms. The SMILES string of the molecule is CCN(C)C(=O)c1sc2c(C)cccc2c1N. The van der Waals surface area contributed by atoms with Crippen molar-refractivity contribution in [3.63, 3.8) is 0 Å². The van der Waals surface area contributed by atoms with Crippen molar-refractivity contribution >= 4 is 33.0 Å². The number of fused-ring (bicyclic) bond motifs is 1. The molecule has 2 N–H and O–H groups in total. The molecule has 1 amide bonds. The Labute approximate surface area is 105 Å². The molecule has 0 aliphatic heterocycles. The number of thiophene rings is 1. The molecule has 1 aromatic heterocycles. The number of carbonyl (C=O) groups is 1. The molecule has 17 heavy (non-hydrogen) atoms. The van der Waals surface area contributed by atoms with Crippen LogP contribution >= 0.6 is 11.3 Å². The van der Waals surface area contributed by atoms with Crippen molar-refractivity contribution in [2.75, 3.05) is 19.3 Å². The van der Waals surface area contributed by atoms with Crippen LogP contribution in [0.5, 0.6) is 0 Å². The number of rotatable bonds is 2. The van der Waals surface area contributed by atoms with E-state index in [1.54, 1.807) is 11.9 Å². The number of aryl methyl sites for hydroxylation is 1. The highest BCUT2D eigenvalue weighted by Crippen LogP contribution is 2.36. The molecule has 0 saturated heterocycles. The normalized spacial score (nSPS) is 10.8. The standard InChI is InChI=1S/C13H16N2OS/c1-4-15(3)13(16)12-10(14)9-7-5-6-8(2)11(9)17-12/h5-7H,4,14H2,1-3H3. The van der Waals surface area contributed by atoms with Gasteiger partial charge in [-0.1, -0.05) is 18.2 Å². The fourth-order valence-corrected chi connectivity index (χ4v) is 2.94. The lowest BCUT2D eigenvalue weighted by Gasteiger charge is -2.13. The Morgan fingerprint density at radius 1 is 1.47 bits per heavy atom. The maximum atomic E-state index is 12.1. The van der Waals surface area contributed by atoms with Crippen molar-refractivity contribution in [1.82, 2.24) is 4.90 Å². The highest BCUT2D eigenvalue weighted by atomic mass is 32.1. The Morgan fingerprint density at radius 3 is 2.76 bits per heavy atom. The van der Waals surface area contributed by atoms with Gasteiger partial charge in [-0.25, -0.2) is 0 Å². The summed E-state index contributed by atoms with van der Waals surface area (Å²) < 4.78 is 1.11. The van der Waals surface area contributed by atoms with Crippen molar-refractivity contribution in [3.05, 3.63) is 28.6 Å². The zero-order chi connectivity index (χ0) is 12.6. The van der Waals surface area contributed by atoms with Crippen LogP contribution in [0.15, 0.2) is 18.2 Å². The number of nitrogens with two attached hydrogens (primary N) is 1. The molecule has 2 aromatic rings. The molecule has 1 heterocycles. The van der Waals surface area contributed by atoms with E-state index in [1.165, 1.54) is 11.3 Å². The predicted molar refractivity (Wildman–Crippen MR) is 73.6 cm³/mol. The van der Waals surface area contributed by atoms with Gasteiger partial charge in [0.25, 0.3) is 5.91 Å². The van der Waals surface area contributed by atoms with Crippen LogP contribution in [0.3, 0.4) is 0 Å². The van der Waals surface area contributed by atoms with Gasteiger partial charge in [0.05, 0.1) is 5.69 Å². The van der Waals surface area contributed by atoms with E-state index in [9.17, 15) is 4.79 Å². The van der Waals surface area contributed by atoms with Crippen LogP contribution in [-0.4, -0.2) is 24.4 Å². The average Bonchev–Trinajstić information content (AvgIpc) is 2.67. The summed E-state index contributed by atoms with van der Waals surface area (Å²) in [4.78, 5) is 14.5. The summed E-state index contributed by atoms with van der Waals surface area (Å²) in [5.74, 6) is 0.00519. The maximum Gasteiger partial charge on any atom is 0.265 e. The minimum atomic E-state index is 0.00519. The summed E-state index contributed by atoms with van der Waals surface area (Å²) >= 11 is 1.49. The highest BCUT2D eigenvalue weighted by Gasteiger charge is 2.19. The first-order valence-electron chi connectivity index (χ1n) is 5.59. The number of hydrogen-bond acceptors (Lipinski definition) is 3. The largest absolute Gasteiger partial charge is 0.397 e. The van der Waals surface area contributed by atoms with Gasteiger partial charge >= 0.3 is 0 Å². The highest BCUT2D eigenvalue weighted by molar-refractivity contribution is 7.21. The third-order valence-corrected chi connectivity index (χ3v) is 4.31. The molecule has 0 unspecified atom stereocenters. The number of amides is 1. The molecule has 0 aliphatic rings. The van der Waals surface area contributed by atoms with Crippen LogP contribution in [0.1, 0.15) is 22.2 Å². The molecule has 1 aromatic carbocycles. The number of carbonyl (C=O) groups excluding carboxylic acids is 1. The molecule has 0 atom stereocenters. The van der Waals surface area contributed by atoms with E-state index in [2.05, 4.69) is 0 Å². The van der Waals surface area contributed by atoms with Crippen LogP contribution in [0.2, 0.25) is 0 Å². The van der Waals surface area contributed by atoms with E-state index in [1.807, 2.05) is 32.0 Å². The Bertz CT molecular complexity index is 574. The molecule has 0 fully saturated rings. The number of benzene rings is 1. The van der Waals surface area contributed by atoms with E-state index in [0.717, 1.165) is 15.6 Å². The number of anilines is 1. The number of nitrogens with zero attached hydrogens (tertiary/aromatic N) is 1. The van der Waals surface area contributed by atoms with Gasteiger partial charge in [0.15, 0.2) is 0 Å². The first kappa shape index (κ1) is 11.9. The Balaban J connectivity index is 2.60. The summed E-state index contributed by atoms with van der Waals surface area (Å²) in [7, 11) is 1.79. The average molecular weight is 248 g/mol. The molecule has 3 nitrogen and oxygen atoms in total. The summed E-state index contributed by atoms with van der Waals surface area (Å²) in [6.07, 6.45) is 0. The third-order valence-electron chi connectivity index (χ3n) is 2.97. The van der Waals surface area contributed by atoms with Gasteiger partial charge in [0, 0.05) is 23.7 Å². The minimum absolute atomic E-state index is 0.00519. The molecule has 0 bridgehead atoms. The smallest absolute Gasteiger partial charge is 0.265 e. The second kappa shape index (κ2) is 4.37. The van der Waals surface area contributed by atoms with Crippen molar-refractivity contribution in [2.24, 2.45) is 0 Å². The van der Waals surface area contributed by atoms with Gasteiger partial charge in [-0.3, -0.25) is 4.79 Å². The minimum Gasteiger partial charge on any atom is -0.397 e. The monoisotopic (exact) mass is 248 g/mol. The zero-order valence-electron chi connectivity index (χ0n) is 10.3. The van der Waals surface area contributed by atoms with Crippen LogP contribution in [0.4, 0.5) is 5.69 Å². The van der Waals surface area contributed by atoms with Crippen LogP contribution < -0.4 is 5.73 Å². The fourth-order valence-electron chi connectivity index (χ4n) is 1.76. The topological polar surface area (TPSA) is 46.3 Å². The molecule has 2 rings (SSSR count). The van der Waals surface area contributed by atoms with E-state index in [4.69, 9.17) is 5.73 Å². The van der Waals surface area contributed by atoms with Crippen LogP contribution in [0.25, 0.3) is 10.1 Å². The Morgan fingerprint density at radius 2 is 2.18 bits per heavy atom. The van der Waals surface area contributed by atoms with Gasteiger partial charge in [0.1, 0.15) is 4.88 Å². The van der Waals surface area contributed by atoms with Crippen molar-refractivity contribution in [2.45, 2.75) is 13.8 Å². The van der Waals surface area contributed by atoms with Gasteiger partial charge in [-0.15, -0.1) is 11.3 Å². The third kappa shape index (κ3) is 1.89. The van der Waals surface area contributed by atoms with Crippen molar-refractivity contribution in [3.8, 4) is 0 Å². The number of hydrogen-bond donors (Lipinski definition) is 1. The van der Waals surface area contributed by atoms with Crippen molar-refractivity contribution in [1.29, 1.82) is 0 Å².